The van der Waals surface area contributed by atoms with Crippen LogP contribution < -0.4 is 4.74 Å². The Labute approximate surface area is 127 Å². The van der Waals surface area contributed by atoms with E-state index in [1.165, 1.54) is 27.0 Å². The predicted octanol–water partition coefficient (Wildman–Crippen LogP) is 2.69. The van der Waals surface area contributed by atoms with Crippen LogP contribution in [0, 0.1) is 0 Å². The van der Waals surface area contributed by atoms with E-state index in [-0.39, 0.29) is 6.61 Å². The molecule has 0 aliphatic heterocycles. The van der Waals surface area contributed by atoms with Crippen molar-refractivity contribution in [3.05, 3.63) is 28.2 Å². The topological polar surface area (TPSA) is 66.8 Å². The van der Waals surface area contributed by atoms with Crippen molar-refractivity contribution in [2.24, 2.45) is 0 Å². The summed E-state index contributed by atoms with van der Waals surface area (Å²) in [6.45, 7) is 2.59. The van der Waals surface area contributed by atoms with Gasteiger partial charge in [-0.25, -0.2) is 4.79 Å². The van der Waals surface area contributed by atoms with E-state index in [1.54, 1.807) is 12.1 Å². The number of carbonyl (C=O) groups is 2. The van der Waals surface area contributed by atoms with Crippen LogP contribution in [-0.4, -0.2) is 41.1 Å². The lowest BCUT2D eigenvalue weighted by Crippen LogP contribution is -2.52. The number of amides is 1. The van der Waals surface area contributed by atoms with E-state index in [2.05, 4.69) is 0 Å². The third-order valence-corrected chi connectivity index (χ3v) is 3.73. The van der Waals surface area contributed by atoms with Gasteiger partial charge < -0.3 is 14.7 Å². The summed E-state index contributed by atoms with van der Waals surface area (Å²) in [7, 11) is 1.41. The standard InChI is InChI=1S/C13H15Cl2NO4/c1-13(2,12(18)19)16(3)11(17)7-20-8-4-5-9(14)10(15)6-8/h4-6H,7H2,1-3H3,(H,18,19). The number of carbonyl (C=O) groups excluding carboxylic acids is 1. The molecule has 0 aromatic heterocycles. The zero-order valence-corrected chi connectivity index (χ0v) is 12.8. The lowest BCUT2D eigenvalue weighted by Gasteiger charge is -2.31. The highest BCUT2D eigenvalue weighted by Crippen LogP contribution is 2.26. The fraction of sp³-hybridized carbons (Fsp3) is 0.385. The number of aliphatic carboxylic acids is 1. The maximum Gasteiger partial charge on any atom is 0.329 e. The molecule has 0 aliphatic rings. The molecular weight excluding hydrogens is 305 g/mol. The van der Waals surface area contributed by atoms with Crippen molar-refractivity contribution < 1.29 is 19.4 Å². The van der Waals surface area contributed by atoms with Crippen LogP contribution in [0.5, 0.6) is 5.75 Å². The zero-order chi connectivity index (χ0) is 15.5. The molecule has 5 nitrogen and oxygen atoms in total. The van der Waals surface area contributed by atoms with Crippen LogP contribution in [0.4, 0.5) is 0 Å². The minimum Gasteiger partial charge on any atom is -0.484 e. The number of hydrogen-bond acceptors (Lipinski definition) is 3. The average molecular weight is 320 g/mol. The van der Waals surface area contributed by atoms with E-state index in [9.17, 15) is 9.59 Å². The number of hydrogen-bond donors (Lipinski definition) is 1. The highest BCUT2D eigenvalue weighted by molar-refractivity contribution is 6.42. The molecule has 1 aromatic carbocycles. The first-order chi connectivity index (χ1) is 9.16. The molecule has 0 radical (unpaired) electrons. The number of benzene rings is 1. The SMILES string of the molecule is CN(C(=O)COc1ccc(Cl)c(Cl)c1)C(C)(C)C(=O)O. The number of nitrogens with zero attached hydrogens (tertiary/aromatic N) is 1. The minimum atomic E-state index is -1.31. The number of carboxylic acids is 1. The molecule has 0 bridgehead atoms. The van der Waals surface area contributed by atoms with Gasteiger partial charge in [0.1, 0.15) is 11.3 Å². The summed E-state index contributed by atoms with van der Waals surface area (Å²) in [5, 5.41) is 9.75. The molecule has 0 saturated heterocycles. The molecule has 110 valence electrons. The molecular formula is C13H15Cl2NO4. The Morgan fingerprint density at radius 1 is 1.30 bits per heavy atom. The van der Waals surface area contributed by atoms with Crippen LogP contribution in [0.15, 0.2) is 18.2 Å². The van der Waals surface area contributed by atoms with Crippen LogP contribution in [0.2, 0.25) is 10.0 Å². The summed E-state index contributed by atoms with van der Waals surface area (Å²) < 4.78 is 5.27. The van der Waals surface area contributed by atoms with Crippen molar-refractivity contribution in [1.82, 2.24) is 4.90 Å². The first-order valence-corrected chi connectivity index (χ1v) is 6.49. The first-order valence-electron chi connectivity index (χ1n) is 5.74. The molecule has 0 spiro atoms. The van der Waals surface area contributed by atoms with E-state index in [0.717, 1.165) is 4.90 Å². The molecule has 1 amide bonds. The van der Waals surface area contributed by atoms with Gasteiger partial charge in [-0.3, -0.25) is 4.79 Å². The fourth-order valence-electron chi connectivity index (χ4n) is 1.26. The zero-order valence-electron chi connectivity index (χ0n) is 11.3. The van der Waals surface area contributed by atoms with E-state index in [1.807, 2.05) is 0 Å². The van der Waals surface area contributed by atoms with Gasteiger partial charge in [0.15, 0.2) is 6.61 Å². The van der Waals surface area contributed by atoms with Gasteiger partial charge in [0.05, 0.1) is 10.0 Å². The normalized spacial score (nSPS) is 11.1. The Hall–Kier alpha value is -1.46. The van der Waals surface area contributed by atoms with Gasteiger partial charge in [0.2, 0.25) is 0 Å². The van der Waals surface area contributed by atoms with Gasteiger partial charge in [-0.2, -0.15) is 0 Å². The number of carboxylic acid groups (broad SMARTS) is 1. The largest absolute Gasteiger partial charge is 0.484 e. The molecule has 0 atom stereocenters. The van der Waals surface area contributed by atoms with Crippen molar-refractivity contribution >= 4 is 35.1 Å². The summed E-state index contributed by atoms with van der Waals surface area (Å²) in [4.78, 5) is 24.1. The monoisotopic (exact) mass is 319 g/mol. The van der Waals surface area contributed by atoms with Crippen molar-refractivity contribution in [2.75, 3.05) is 13.7 Å². The summed E-state index contributed by atoms with van der Waals surface area (Å²) in [6, 6.07) is 4.61. The van der Waals surface area contributed by atoms with Crippen molar-refractivity contribution in [1.29, 1.82) is 0 Å². The Morgan fingerprint density at radius 2 is 1.90 bits per heavy atom. The second-order valence-electron chi connectivity index (χ2n) is 4.68. The number of ether oxygens (including phenoxy) is 1. The van der Waals surface area contributed by atoms with Crippen molar-refractivity contribution in [3.8, 4) is 5.75 Å². The smallest absolute Gasteiger partial charge is 0.329 e. The van der Waals surface area contributed by atoms with Gasteiger partial charge in [-0.15, -0.1) is 0 Å². The minimum absolute atomic E-state index is 0.287. The van der Waals surface area contributed by atoms with Crippen LogP contribution in [0.1, 0.15) is 13.8 Å². The molecule has 0 saturated carbocycles. The molecule has 0 unspecified atom stereocenters. The predicted molar refractivity (Wildman–Crippen MR) is 76.4 cm³/mol. The number of likely N-dealkylation sites (N-methyl/N-ethyl adjacent to an activating group) is 1. The third kappa shape index (κ3) is 3.77. The Balaban J connectivity index is 2.67. The summed E-state index contributed by atoms with van der Waals surface area (Å²) in [6.07, 6.45) is 0. The summed E-state index contributed by atoms with van der Waals surface area (Å²) in [5.74, 6) is -1.17. The number of rotatable bonds is 5. The summed E-state index contributed by atoms with van der Waals surface area (Å²) >= 11 is 11.6. The molecule has 1 rings (SSSR count). The summed E-state index contributed by atoms with van der Waals surface area (Å²) in [5.41, 5.74) is -1.31. The van der Waals surface area contributed by atoms with Gasteiger partial charge in [0.25, 0.3) is 5.91 Å². The highest BCUT2D eigenvalue weighted by atomic mass is 35.5. The second kappa shape index (κ2) is 6.33. The molecule has 0 fully saturated rings. The van der Waals surface area contributed by atoms with E-state index >= 15 is 0 Å². The van der Waals surface area contributed by atoms with E-state index in [0.29, 0.717) is 15.8 Å². The van der Waals surface area contributed by atoms with Crippen LogP contribution in [-0.2, 0) is 9.59 Å². The molecule has 0 aliphatic carbocycles. The van der Waals surface area contributed by atoms with E-state index < -0.39 is 17.4 Å². The number of halogens is 2. The van der Waals surface area contributed by atoms with Crippen LogP contribution in [0.25, 0.3) is 0 Å². The van der Waals surface area contributed by atoms with Crippen molar-refractivity contribution in [2.45, 2.75) is 19.4 Å². The lowest BCUT2D eigenvalue weighted by molar-refractivity contribution is -0.156. The Morgan fingerprint density at radius 3 is 2.40 bits per heavy atom. The highest BCUT2D eigenvalue weighted by Gasteiger charge is 2.35. The first kappa shape index (κ1) is 16.6. The van der Waals surface area contributed by atoms with Crippen molar-refractivity contribution in [3.63, 3.8) is 0 Å². The van der Waals surface area contributed by atoms with Crippen LogP contribution in [0.3, 0.4) is 0 Å². The molecule has 1 aromatic rings. The van der Waals surface area contributed by atoms with Gasteiger partial charge >= 0.3 is 5.97 Å². The fourth-order valence-corrected chi connectivity index (χ4v) is 1.55. The van der Waals surface area contributed by atoms with Gasteiger partial charge in [0, 0.05) is 13.1 Å². The van der Waals surface area contributed by atoms with E-state index in [4.69, 9.17) is 33.0 Å². The average Bonchev–Trinajstić information content (AvgIpc) is 2.38. The van der Waals surface area contributed by atoms with Gasteiger partial charge in [-0.1, -0.05) is 23.2 Å². The van der Waals surface area contributed by atoms with Crippen LogP contribution >= 0.6 is 23.2 Å². The quantitative estimate of drug-likeness (QED) is 0.906. The second-order valence-corrected chi connectivity index (χ2v) is 5.50. The maximum absolute atomic E-state index is 11.9. The Bertz CT molecular complexity index is 531. The molecule has 7 heteroatoms. The molecule has 1 N–H and O–H groups in total. The van der Waals surface area contributed by atoms with Gasteiger partial charge in [-0.05, 0) is 26.0 Å². The maximum atomic E-state index is 11.9. The Kier molecular flexibility index (Phi) is 5.25. The molecule has 0 heterocycles. The third-order valence-electron chi connectivity index (χ3n) is 2.99. The lowest BCUT2D eigenvalue weighted by atomic mass is 10.0. The molecule has 20 heavy (non-hydrogen) atoms.